The van der Waals surface area contributed by atoms with Gasteiger partial charge in [-0.1, -0.05) is 97.1 Å². The lowest BCUT2D eigenvalue weighted by molar-refractivity contribution is 0.0689. The third-order valence-corrected chi connectivity index (χ3v) is 5.59. The van der Waals surface area contributed by atoms with Crippen LogP contribution in [0.15, 0.2) is 116 Å². The molecule has 0 saturated carbocycles. The van der Waals surface area contributed by atoms with Crippen molar-refractivity contribution in [3.63, 3.8) is 0 Å². The van der Waals surface area contributed by atoms with Crippen LogP contribution >= 0.6 is 0 Å². The molecule has 0 unspecified atom stereocenters. The highest BCUT2D eigenvalue weighted by Crippen LogP contribution is 2.45. The second kappa shape index (κ2) is 8.80. The third-order valence-electron chi connectivity index (χ3n) is 5.59. The summed E-state index contributed by atoms with van der Waals surface area (Å²) in [4.78, 5) is 16.2. The molecule has 4 aromatic rings. The van der Waals surface area contributed by atoms with Gasteiger partial charge < -0.3 is 5.11 Å². The molecular weight excluding hydrogens is 382 g/mol. The summed E-state index contributed by atoms with van der Waals surface area (Å²) in [6.45, 7) is 3.80. The van der Waals surface area contributed by atoms with Gasteiger partial charge in [-0.2, -0.15) is 0 Å². The second-order valence-electron chi connectivity index (χ2n) is 7.38. The van der Waals surface area contributed by atoms with Gasteiger partial charge in [-0.25, -0.2) is 9.78 Å². The van der Waals surface area contributed by atoms with Crippen molar-refractivity contribution < 1.29 is 9.90 Å². The minimum absolute atomic E-state index is 0.0618. The van der Waals surface area contributed by atoms with Gasteiger partial charge in [0.2, 0.25) is 0 Å². The molecule has 3 heteroatoms. The number of aromatic carboxylic acids is 1. The summed E-state index contributed by atoms with van der Waals surface area (Å²) in [6.07, 6.45) is 3.84. The van der Waals surface area contributed by atoms with Crippen LogP contribution in [-0.2, 0) is 11.8 Å². The SMILES string of the molecule is C=CCc1cc(C(c2ccccc2)(c2ccccc2)c2ccccc2)cnc1C(=O)O. The van der Waals surface area contributed by atoms with Crippen molar-refractivity contribution >= 4 is 5.97 Å². The zero-order valence-corrected chi connectivity index (χ0v) is 17.1. The molecule has 0 fully saturated rings. The van der Waals surface area contributed by atoms with Crippen LogP contribution in [-0.4, -0.2) is 16.1 Å². The smallest absolute Gasteiger partial charge is 0.354 e. The van der Waals surface area contributed by atoms with Gasteiger partial charge in [-0.05, 0) is 40.3 Å². The van der Waals surface area contributed by atoms with Crippen molar-refractivity contribution in [2.45, 2.75) is 11.8 Å². The average Bonchev–Trinajstić information content (AvgIpc) is 2.82. The number of rotatable bonds is 7. The number of hydrogen-bond donors (Lipinski definition) is 1. The largest absolute Gasteiger partial charge is 0.477 e. The highest BCUT2D eigenvalue weighted by atomic mass is 16.4. The van der Waals surface area contributed by atoms with E-state index in [1.165, 1.54) is 0 Å². The number of carboxylic acids is 1. The number of carboxylic acid groups (broad SMARTS) is 1. The number of pyridine rings is 1. The van der Waals surface area contributed by atoms with Gasteiger partial charge >= 0.3 is 5.97 Å². The van der Waals surface area contributed by atoms with E-state index in [0.29, 0.717) is 12.0 Å². The highest BCUT2D eigenvalue weighted by molar-refractivity contribution is 5.87. The van der Waals surface area contributed by atoms with Gasteiger partial charge in [0, 0.05) is 6.20 Å². The Labute approximate surface area is 182 Å². The molecular formula is C28H23NO2. The van der Waals surface area contributed by atoms with E-state index < -0.39 is 11.4 Å². The summed E-state index contributed by atoms with van der Waals surface area (Å²) in [7, 11) is 0. The Morgan fingerprint density at radius 2 is 1.26 bits per heavy atom. The molecule has 1 aromatic heterocycles. The van der Waals surface area contributed by atoms with Crippen LogP contribution in [0.2, 0.25) is 0 Å². The van der Waals surface area contributed by atoms with Crippen LogP contribution in [0, 0.1) is 0 Å². The van der Waals surface area contributed by atoms with E-state index >= 15 is 0 Å². The second-order valence-corrected chi connectivity index (χ2v) is 7.38. The summed E-state index contributed by atoms with van der Waals surface area (Å²) in [5.41, 5.74) is 4.23. The summed E-state index contributed by atoms with van der Waals surface area (Å²) < 4.78 is 0. The van der Waals surface area contributed by atoms with Crippen LogP contribution in [0.25, 0.3) is 0 Å². The van der Waals surface area contributed by atoms with E-state index in [1.54, 1.807) is 12.3 Å². The van der Waals surface area contributed by atoms with Crippen molar-refractivity contribution in [1.29, 1.82) is 0 Å². The summed E-state index contributed by atoms with van der Waals surface area (Å²) >= 11 is 0. The number of benzene rings is 3. The van der Waals surface area contributed by atoms with E-state index in [1.807, 2.05) is 60.7 Å². The molecule has 0 amide bonds. The quantitative estimate of drug-likeness (QED) is 0.308. The van der Waals surface area contributed by atoms with Crippen LogP contribution < -0.4 is 0 Å². The molecule has 0 bridgehead atoms. The maximum Gasteiger partial charge on any atom is 0.354 e. The van der Waals surface area contributed by atoms with Gasteiger partial charge in [0.25, 0.3) is 0 Å². The average molecular weight is 405 g/mol. The molecule has 1 heterocycles. The fraction of sp³-hybridized carbons (Fsp3) is 0.0714. The van der Waals surface area contributed by atoms with Gasteiger partial charge in [0.1, 0.15) is 0 Å². The normalized spacial score (nSPS) is 11.1. The van der Waals surface area contributed by atoms with E-state index in [0.717, 1.165) is 22.3 Å². The van der Waals surface area contributed by atoms with Gasteiger partial charge in [-0.3, -0.25) is 0 Å². The molecule has 4 rings (SSSR count). The van der Waals surface area contributed by atoms with Crippen molar-refractivity contribution in [2.75, 3.05) is 0 Å². The van der Waals surface area contributed by atoms with Crippen molar-refractivity contribution in [3.8, 4) is 0 Å². The minimum Gasteiger partial charge on any atom is -0.477 e. The Morgan fingerprint density at radius 1 is 0.806 bits per heavy atom. The lowest BCUT2D eigenvalue weighted by Gasteiger charge is -2.36. The number of carbonyl (C=O) groups is 1. The molecule has 1 N–H and O–H groups in total. The Hall–Kier alpha value is -3.98. The Morgan fingerprint density at radius 3 is 1.65 bits per heavy atom. The first-order valence-electron chi connectivity index (χ1n) is 10.2. The number of hydrogen-bond acceptors (Lipinski definition) is 2. The van der Waals surface area contributed by atoms with E-state index in [4.69, 9.17) is 0 Å². The minimum atomic E-state index is -1.03. The standard InChI is InChI=1S/C28H23NO2/c1-2-12-21-19-25(20-29-26(21)27(30)31)28(22-13-6-3-7-14-22,23-15-8-4-9-16-23)24-17-10-5-11-18-24/h2-11,13-20H,1,12H2,(H,30,31). The van der Waals surface area contributed by atoms with Gasteiger partial charge in [0.05, 0.1) is 5.41 Å². The van der Waals surface area contributed by atoms with Crippen LogP contribution in [0.1, 0.15) is 38.3 Å². The van der Waals surface area contributed by atoms with Gasteiger partial charge in [0.15, 0.2) is 5.69 Å². The number of nitrogens with zero attached hydrogens (tertiary/aromatic N) is 1. The monoisotopic (exact) mass is 405 g/mol. The van der Waals surface area contributed by atoms with Crippen molar-refractivity contribution in [1.82, 2.24) is 4.98 Å². The molecule has 3 nitrogen and oxygen atoms in total. The molecule has 0 radical (unpaired) electrons. The highest BCUT2D eigenvalue weighted by Gasteiger charge is 2.39. The van der Waals surface area contributed by atoms with Crippen molar-refractivity contribution in [3.05, 3.63) is 149 Å². The number of aromatic nitrogens is 1. The fourth-order valence-corrected chi connectivity index (χ4v) is 4.28. The molecule has 0 aliphatic carbocycles. The summed E-state index contributed by atoms with van der Waals surface area (Å²) in [6, 6.07) is 32.8. The summed E-state index contributed by atoms with van der Waals surface area (Å²) in [5.74, 6) is -1.03. The van der Waals surface area contributed by atoms with Crippen molar-refractivity contribution in [2.24, 2.45) is 0 Å². The van der Waals surface area contributed by atoms with Crippen LogP contribution in [0.5, 0.6) is 0 Å². The molecule has 31 heavy (non-hydrogen) atoms. The van der Waals surface area contributed by atoms with Crippen LogP contribution in [0.4, 0.5) is 0 Å². The molecule has 0 aliphatic heterocycles. The first kappa shape index (κ1) is 20.3. The van der Waals surface area contributed by atoms with E-state index in [2.05, 4.69) is 48.0 Å². The zero-order chi connectivity index (χ0) is 21.7. The van der Waals surface area contributed by atoms with E-state index in [-0.39, 0.29) is 5.69 Å². The maximum absolute atomic E-state index is 11.8. The molecule has 3 aromatic carbocycles. The molecule has 0 atom stereocenters. The molecule has 0 saturated heterocycles. The predicted molar refractivity (Wildman–Crippen MR) is 123 cm³/mol. The van der Waals surface area contributed by atoms with E-state index in [9.17, 15) is 9.90 Å². The van der Waals surface area contributed by atoms with Gasteiger partial charge in [-0.15, -0.1) is 6.58 Å². The molecule has 0 aliphatic rings. The number of allylic oxidation sites excluding steroid dienone is 1. The lowest BCUT2D eigenvalue weighted by atomic mass is 9.65. The fourth-order valence-electron chi connectivity index (χ4n) is 4.28. The topological polar surface area (TPSA) is 50.2 Å². The Kier molecular flexibility index (Phi) is 5.76. The Balaban J connectivity index is 2.12. The lowest BCUT2D eigenvalue weighted by Crippen LogP contribution is -2.31. The third kappa shape index (κ3) is 3.66. The predicted octanol–water partition coefficient (Wildman–Crippen LogP) is 5.89. The first-order valence-corrected chi connectivity index (χ1v) is 10.2. The zero-order valence-electron chi connectivity index (χ0n) is 17.1. The summed E-state index contributed by atoms with van der Waals surface area (Å²) in [5, 5.41) is 9.64. The first-order chi connectivity index (χ1) is 15.2. The van der Waals surface area contributed by atoms with Crippen LogP contribution in [0.3, 0.4) is 0 Å². The molecule has 152 valence electrons. The molecule has 0 spiro atoms. The maximum atomic E-state index is 11.8. The Bertz CT molecular complexity index is 1090.